The van der Waals surface area contributed by atoms with E-state index in [1.165, 1.54) is 6.33 Å². The molecule has 0 spiro atoms. The Bertz CT molecular complexity index is 1570. The number of aliphatic carboxylic acids is 1. The van der Waals surface area contributed by atoms with Gasteiger partial charge in [0.05, 0.1) is 36.0 Å². The molecule has 5 heterocycles. The van der Waals surface area contributed by atoms with E-state index in [2.05, 4.69) is 42.1 Å². The van der Waals surface area contributed by atoms with E-state index in [9.17, 15) is 23.7 Å². The summed E-state index contributed by atoms with van der Waals surface area (Å²) < 4.78 is 33.6. The Labute approximate surface area is 220 Å². The number of nitriles is 2. The maximum absolute atomic E-state index is 10.6. The van der Waals surface area contributed by atoms with Crippen molar-refractivity contribution in [2.24, 2.45) is 5.92 Å². The molecule has 0 unspecified atom stereocenters. The standard InChI is InChI=1S/C23H21N9.C2HF3O2/c1-15-3-7-27-23(19(15)10-25)31-9-5-16(12-31)20(2-6-24)32-13-17(11-30-32)21-18-4-8-26-22(18)29-14-28-21;3-2(4,5)1(6)7/h3-4,7-8,11,13-14,16,20H,2,5,9,12H2,1H3,(H,26,28,29);(H,6,7)/t16-,20-;/m0./s1. The average Bonchev–Trinajstić information content (AvgIpc) is 3.68. The van der Waals surface area contributed by atoms with Crippen molar-refractivity contribution in [3.05, 3.63) is 54.4 Å². The fourth-order valence-corrected chi connectivity index (χ4v) is 4.53. The second-order valence-corrected chi connectivity index (χ2v) is 8.84. The zero-order chi connectivity index (χ0) is 28.2. The lowest BCUT2D eigenvalue weighted by atomic mass is 9.96. The topological polar surface area (TPSA) is 160 Å². The number of nitrogens with zero attached hydrogens (tertiary/aromatic N) is 8. The van der Waals surface area contributed by atoms with E-state index >= 15 is 0 Å². The van der Waals surface area contributed by atoms with Crippen LogP contribution in [0.1, 0.15) is 30.0 Å². The third kappa shape index (κ3) is 5.80. The van der Waals surface area contributed by atoms with Gasteiger partial charge in [-0.2, -0.15) is 28.8 Å². The molecule has 11 nitrogen and oxygen atoms in total. The molecule has 1 aliphatic heterocycles. The lowest BCUT2D eigenvalue weighted by molar-refractivity contribution is -0.192. The third-order valence-electron chi connectivity index (χ3n) is 6.43. The van der Waals surface area contributed by atoms with Crippen molar-refractivity contribution >= 4 is 22.8 Å². The van der Waals surface area contributed by atoms with Crippen LogP contribution in [-0.2, 0) is 4.79 Å². The van der Waals surface area contributed by atoms with Gasteiger partial charge in [-0.25, -0.2) is 19.7 Å². The Morgan fingerprint density at radius 1 is 1.28 bits per heavy atom. The van der Waals surface area contributed by atoms with Crippen LogP contribution in [-0.4, -0.2) is 60.1 Å². The zero-order valence-electron chi connectivity index (χ0n) is 20.6. The highest BCUT2D eigenvalue weighted by Gasteiger charge is 2.38. The summed E-state index contributed by atoms with van der Waals surface area (Å²) in [4.78, 5) is 27.3. The number of anilines is 1. The Morgan fingerprint density at radius 2 is 2.05 bits per heavy atom. The van der Waals surface area contributed by atoms with Crippen molar-refractivity contribution < 1.29 is 23.1 Å². The Balaban J connectivity index is 0.000000448. The second-order valence-electron chi connectivity index (χ2n) is 8.84. The highest BCUT2D eigenvalue weighted by molar-refractivity contribution is 5.90. The van der Waals surface area contributed by atoms with Crippen LogP contribution in [0.5, 0.6) is 0 Å². The SMILES string of the molecule is Cc1ccnc(N2CC[C@H]([C@H](CC#N)n3cc(-c4ncnc5[nH]ccc45)cn3)C2)c1C#N.O=C(O)C(F)(F)F. The summed E-state index contributed by atoms with van der Waals surface area (Å²) in [6, 6.07) is 8.35. The van der Waals surface area contributed by atoms with Crippen LogP contribution in [0.25, 0.3) is 22.3 Å². The lowest BCUT2D eigenvalue weighted by Crippen LogP contribution is -2.26. The van der Waals surface area contributed by atoms with Gasteiger partial charge in [0.2, 0.25) is 0 Å². The minimum Gasteiger partial charge on any atom is -0.475 e. The zero-order valence-corrected chi connectivity index (χ0v) is 20.6. The second kappa shape index (κ2) is 11.2. The summed E-state index contributed by atoms with van der Waals surface area (Å²) in [6.07, 6.45) is 5.05. The first-order valence-corrected chi connectivity index (χ1v) is 11.7. The minimum absolute atomic E-state index is 0.0716. The van der Waals surface area contributed by atoms with Crippen LogP contribution < -0.4 is 4.90 Å². The normalized spacial score (nSPS) is 15.7. The van der Waals surface area contributed by atoms with E-state index in [0.717, 1.165) is 53.2 Å². The van der Waals surface area contributed by atoms with Crippen molar-refractivity contribution in [3.8, 4) is 23.4 Å². The minimum atomic E-state index is -5.08. The largest absolute Gasteiger partial charge is 0.490 e. The van der Waals surface area contributed by atoms with Crippen LogP contribution in [0.15, 0.2) is 43.2 Å². The summed E-state index contributed by atoms with van der Waals surface area (Å²) in [7, 11) is 0. The molecule has 0 aliphatic carbocycles. The number of hydrogen-bond donors (Lipinski definition) is 2. The molecule has 1 saturated heterocycles. The number of nitrogens with one attached hydrogen (secondary N) is 1. The Hall–Kier alpha value is -4.98. The van der Waals surface area contributed by atoms with Crippen molar-refractivity contribution in [1.29, 1.82) is 10.5 Å². The average molecular weight is 538 g/mol. The molecule has 0 radical (unpaired) electrons. The number of carbonyl (C=O) groups is 1. The molecule has 200 valence electrons. The number of pyridine rings is 1. The van der Waals surface area contributed by atoms with Crippen molar-refractivity contribution in [1.82, 2.24) is 29.7 Å². The molecular formula is C25H22F3N9O2. The van der Waals surface area contributed by atoms with Gasteiger partial charge in [0.1, 0.15) is 23.9 Å². The number of hydrogen-bond acceptors (Lipinski definition) is 8. The summed E-state index contributed by atoms with van der Waals surface area (Å²) in [5.74, 6) is -1.82. The van der Waals surface area contributed by atoms with Gasteiger partial charge in [0.15, 0.2) is 0 Å². The van der Waals surface area contributed by atoms with Crippen molar-refractivity contribution in [2.45, 2.75) is 32.0 Å². The third-order valence-corrected chi connectivity index (χ3v) is 6.43. The predicted octanol–water partition coefficient (Wildman–Crippen LogP) is 4.01. The summed E-state index contributed by atoms with van der Waals surface area (Å²) in [5, 5.41) is 31.8. The Kier molecular flexibility index (Phi) is 7.76. The number of carboxylic acids is 1. The quantitative estimate of drug-likeness (QED) is 0.383. The number of aryl methyl sites for hydroxylation is 1. The lowest BCUT2D eigenvalue weighted by Gasteiger charge is -2.23. The summed E-state index contributed by atoms with van der Waals surface area (Å²) in [6.45, 7) is 3.44. The first kappa shape index (κ1) is 27.1. The molecule has 2 N–H and O–H groups in total. The molecule has 4 aromatic rings. The maximum atomic E-state index is 10.6. The van der Waals surface area contributed by atoms with Crippen LogP contribution in [0.2, 0.25) is 0 Å². The van der Waals surface area contributed by atoms with Gasteiger partial charge in [-0.3, -0.25) is 4.68 Å². The molecule has 4 aromatic heterocycles. The van der Waals surface area contributed by atoms with E-state index in [1.54, 1.807) is 12.4 Å². The number of fused-ring (bicyclic) bond motifs is 1. The molecule has 0 aromatic carbocycles. The molecule has 0 saturated carbocycles. The molecule has 2 atom stereocenters. The Morgan fingerprint density at radius 3 is 2.74 bits per heavy atom. The number of aromatic nitrogens is 6. The van der Waals surface area contributed by atoms with E-state index in [-0.39, 0.29) is 12.0 Å². The number of aromatic amines is 1. The highest BCUT2D eigenvalue weighted by atomic mass is 19.4. The molecule has 5 rings (SSSR count). The highest BCUT2D eigenvalue weighted by Crippen LogP contribution is 2.35. The number of carboxylic acid groups (broad SMARTS) is 1. The maximum Gasteiger partial charge on any atom is 0.490 e. The van der Waals surface area contributed by atoms with E-state index in [1.807, 2.05) is 36.1 Å². The van der Waals surface area contributed by atoms with Gasteiger partial charge >= 0.3 is 12.1 Å². The molecular weight excluding hydrogens is 515 g/mol. The fraction of sp³-hybridized carbons (Fsp3) is 0.320. The fourth-order valence-electron chi connectivity index (χ4n) is 4.53. The van der Waals surface area contributed by atoms with Gasteiger partial charge in [-0.1, -0.05) is 0 Å². The number of H-pyrrole nitrogens is 1. The summed E-state index contributed by atoms with van der Waals surface area (Å²) in [5.41, 5.74) is 4.02. The van der Waals surface area contributed by atoms with E-state index in [0.29, 0.717) is 12.0 Å². The monoisotopic (exact) mass is 537 g/mol. The van der Waals surface area contributed by atoms with Crippen LogP contribution in [0.4, 0.5) is 19.0 Å². The van der Waals surface area contributed by atoms with Gasteiger partial charge in [0.25, 0.3) is 0 Å². The van der Waals surface area contributed by atoms with Crippen molar-refractivity contribution in [2.75, 3.05) is 18.0 Å². The van der Waals surface area contributed by atoms with Crippen molar-refractivity contribution in [3.63, 3.8) is 0 Å². The van der Waals surface area contributed by atoms with E-state index in [4.69, 9.17) is 9.90 Å². The van der Waals surface area contributed by atoms with E-state index < -0.39 is 12.1 Å². The van der Waals surface area contributed by atoms with Gasteiger partial charge < -0.3 is 15.0 Å². The molecule has 0 bridgehead atoms. The molecule has 1 fully saturated rings. The first-order valence-electron chi connectivity index (χ1n) is 11.7. The first-order chi connectivity index (χ1) is 18.6. The van der Waals surface area contributed by atoms with Crippen LogP contribution in [0, 0.1) is 35.5 Å². The van der Waals surface area contributed by atoms with Crippen LogP contribution in [0.3, 0.4) is 0 Å². The summed E-state index contributed by atoms with van der Waals surface area (Å²) >= 11 is 0. The molecule has 0 amide bonds. The number of rotatable bonds is 5. The van der Waals surface area contributed by atoms with Gasteiger partial charge in [0, 0.05) is 48.5 Å². The molecule has 1 aliphatic rings. The van der Waals surface area contributed by atoms with Crippen LogP contribution >= 0.6 is 0 Å². The predicted molar refractivity (Wildman–Crippen MR) is 132 cm³/mol. The smallest absolute Gasteiger partial charge is 0.475 e. The number of halogens is 3. The number of alkyl halides is 3. The molecule has 39 heavy (non-hydrogen) atoms. The van der Waals surface area contributed by atoms with Gasteiger partial charge in [-0.15, -0.1) is 0 Å². The van der Waals surface area contributed by atoms with Gasteiger partial charge in [-0.05, 0) is 31.0 Å². The molecule has 14 heteroatoms.